The quantitative estimate of drug-likeness (QED) is 0.781. The van der Waals surface area contributed by atoms with Gasteiger partial charge in [-0.15, -0.1) is 0 Å². The third-order valence-corrected chi connectivity index (χ3v) is 4.10. The number of rotatable bonds is 5. The Morgan fingerprint density at radius 2 is 1.90 bits per heavy atom. The van der Waals surface area contributed by atoms with Crippen LogP contribution in [0.3, 0.4) is 0 Å². The highest BCUT2D eigenvalue weighted by Crippen LogP contribution is 2.12. The molecule has 0 aliphatic heterocycles. The maximum absolute atomic E-state index is 9.14. The molecule has 0 spiro atoms. The van der Waals surface area contributed by atoms with Gasteiger partial charge in [-0.3, -0.25) is 7.03 Å². The second-order valence-electron chi connectivity index (χ2n) is 1.53. The maximum Gasteiger partial charge on any atom is 0.699 e. The van der Waals surface area contributed by atoms with Crippen LogP contribution in [0.15, 0.2) is 0 Å². The van der Waals surface area contributed by atoms with Gasteiger partial charge in [0.2, 0.25) is 0 Å². The Kier molecular flexibility index (Phi) is 6.21. The SMILES string of the molecule is CCCO[Si](O)(OBr)OBr. The Bertz CT molecular complexity index is 88.6. The highest BCUT2D eigenvalue weighted by Gasteiger charge is 2.41. The fourth-order valence-corrected chi connectivity index (χ4v) is 2.35. The molecule has 4 nitrogen and oxygen atoms in total. The number of halogens is 2. The number of hydrogen-bond acceptors (Lipinski definition) is 4. The van der Waals surface area contributed by atoms with Crippen molar-refractivity contribution >= 4 is 41.6 Å². The van der Waals surface area contributed by atoms with Gasteiger partial charge in [0.25, 0.3) is 0 Å². The van der Waals surface area contributed by atoms with E-state index in [0.29, 0.717) is 6.61 Å². The van der Waals surface area contributed by atoms with Crippen LogP contribution in [-0.2, 0) is 11.5 Å². The molecule has 0 radical (unpaired) electrons. The average Bonchev–Trinajstić information content (AvgIpc) is 2.00. The van der Waals surface area contributed by atoms with Crippen LogP contribution in [0.2, 0.25) is 0 Å². The molecule has 7 heteroatoms. The predicted octanol–water partition coefficient (Wildman–Crippen LogP) is 1.49. The van der Waals surface area contributed by atoms with Gasteiger partial charge in [-0.1, -0.05) is 6.92 Å². The van der Waals surface area contributed by atoms with E-state index in [1.165, 1.54) is 0 Å². The fraction of sp³-hybridized carbons (Fsp3) is 1.00. The summed E-state index contributed by atoms with van der Waals surface area (Å²) in [6.45, 7) is 2.32. The van der Waals surface area contributed by atoms with Gasteiger partial charge < -0.3 is 9.22 Å². The van der Waals surface area contributed by atoms with Crippen molar-refractivity contribution < 1.29 is 16.3 Å². The van der Waals surface area contributed by atoms with E-state index in [1.807, 2.05) is 6.92 Å². The zero-order chi connectivity index (χ0) is 8.04. The van der Waals surface area contributed by atoms with Crippen LogP contribution in [0.25, 0.3) is 0 Å². The molecule has 0 unspecified atom stereocenters. The summed E-state index contributed by atoms with van der Waals surface area (Å²) in [6, 6.07) is 0. The Balaban J connectivity index is 3.58. The summed E-state index contributed by atoms with van der Waals surface area (Å²) in [6.07, 6.45) is 0.794. The molecule has 0 rings (SSSR count). The monoisotopic (exact) mass is 294 g/mol. The third kappa shape index (κ3) is 4.01. The van der Waals surface area contributed by atoms with E-state index in [4.69, 9.17) is 9.22 Å². The zero-order valence-corrected chi connectivity index (χ0v) is 9.51. The summed E-state index contributed by atoms with van der Waals surface area (Å²) in [4.78, 5) is 9.14. The fourth-order valence-electron chi connectivity index (χ4n) is 0.287. The van der Waals surface area contributed by atoms with Gasteiger partial charge in [-0.2, -0.15) is 0 Å². The van der Waals surface area contributed by atoms with Gasteiger partial charge in [0, 0.05) is 6.61 Å². The molecular weight excluding hydrogens is 288 g/mol. The molecule has 10 heavy (non-hydrogen) atoms. The first-order valence-corrected chi connectivity index (χ1v) is 5.61. The van der Waals surface area contributed by atoms with Crippen LogP contribution in [0.5, 0.6) is 0 Å². The molecule has 0 heterocycles. The Labute approximate surface area is 77.9 Å². The van der Waals surface area contributed by atoms with Crippen LogP contribution in [0.4, 0.5) is 0 Å². The predicted molar refractivity (Wildman–Crippen MR) is 44.2 cm³/mol. The van der Waals surface area contributed by atoms with Gasteiger partial charge in [0.15, 0.2) is 0 Å². The lowest BCUT2D eigenvalue weighted by molar-refractivity contribution is 0.107. The molecule has 0 aromatic heterocycles. The van der Waals surface area contributed by atoms with Crippen molar-refractivity contribution in [3.05, 3.63) is 0 Å². The average molecular weight is 296 g/mol. The van der Waals surface area contributed by atoms with E-state index in [9.17, 15) is 0 Å². The second-order valence-corrected chi connectivity index (χ2v) is 5.11. The van der Waals surface area contributed by atoms with Gasteiger partial charge in [-0.25, -0.2) is 0 Å². The van der Waals surface area contributed by atoms with Crippen LogP contribution in [0.1, 0.15) is 13.3 Å². The van der Waals surface area contributed by atoms with E-state index >= 15 is 0 Å². The summed E-state index contributed by atoms with van der Waals surface area (Å²) in [5, 5.41) is 0. The van der Waals surface area contributed by atoms with E-state index in [2.05, 4.69) is 39.6 Å². The first-order chi connectivity index (χ1) is 4.68. The standard InChI is InChI=1S/C3H8Br2O4Si/c1-2-3-7-10(6,8-4)9-5/h6H,2-3H2,1H3. The van der Waals surface area contributed by atoms with Crippen molar-refractivity contribution in [2.24, 2.45) is 0 Å². The molecule has 1 N–H and O–H groups in total. The topological polar surface area (TPSA) is 47.9 Å². The van der Waals surface area contributed by atoms with Crippen molar-refractivity contribution in [1.82, 2.24) is 0 Å². The summed E-state index contributed by atoms with van der Waals surface area (Å²) in [5.41, 5.74) is 0. The molecule has 0 amide bonds. The van der Waals surface area contributed by atoms with Crippen molar-refractivity contribution in [1.29, 1.82) is 0 Å². The maximum atomic E-state index is 9.14. The lowest BCUT2D eigenvalue weighted by Crippen LogP contribution is -2.40. The zero-order valence-electron chi connectivity index (χ0n) is 5.34. The largest absolute Gasteiger partial charge is 0.699 e. The third-order valence-electron chi connectivity index (χ3n) is 0.684. The molecule has 0 aliphatic rings. The summed E-state index contributed by atoms with van der Waals surface area (Å²) >= 11 is 5.19. The minimum absolute atomic E-state index is 0.403. The minimum Gasteiger partial charge on any atom is -0.366 e. The molecule has 0 aromatic carbocycles. The minimum atomic E-state index is -3.38. The van der Waals surface area contributed by atoms with E-state index in [-0.39, 0.29) is 0 Å². The van der Waals surface area contributed by atoms with Crippen molar-refractivity contribution in [3.8, 4) is 0 Å². The van der Waals surface area contributed by atoms with Crippen LogP contribution in [0, 0.1) is 0 Å². The lowest BCUT2D eigenvalue weighted by Gasteiger charge is -2.14. The molecule has 0 bridgehead atoms. The van der Waals surface area contributed by atoms with E-state index in [1.54, 1.807) is 0 Å². The van der Waals surface area contributed by atoms with Gasteiger partial charge in [0.05, 0.1) is 32.5 Å². The highest BCUT2D eigenvalue weighted by atomic mass is 79.9. The second kappa shape index (κ2) is 5.64. The van der Waals surface area contributed by atoms with Crippen molar-refractivity contribution in [3.63, 3.8) is 0 Å². The Morgan fingerprint density at radius 1 is 1.40 bits per heavy atom. The molecule has 0 saturated carbocycles. The molecule has 0 atom stereocenters. The lowest BCUT2D eigenvalue weighted by atomic mass is 10.5. The number of hydrogen-bond donors (Lipinski definition) is 1. The van der Waals surface area contributed by atoms with Crippen molar-refractivity contribution in [2.75, 3.05) is 6.61 Å². The van der Waals surface area contributed by atoms with Crippen LogP contribution in [-0.4, -0.2) is 20.5 Å². The molecule has 0 saturated heterocycles. The Morgan fingerprint density at radius 3 is 2.20 bits per heavy atom. The smallest absolute Gasteiger partial charge is 0.366 e. The van der Waals surface area contributed by atoms with E-state index in [0.717, 1.165) is 6.42 Å². The van der Waals surface area contributed by atoms with Gasteiger partial charge >= 0.3 is 9.05 Å². The molecule has 0 fully saturated rings. The van der Waals surface area contributed by atoms with Crippen LogP contribution >= 0.6 is 32.5 Å². The highest BCUT2D eigenvalue weighted by molar-refractivity contribution is 9.07. The van der Waals surface area contributed by atoms with Crippen LogP contribution < -0.4 is 0 Å². The van der Waals surface area contributed by atoms with Gasteiger partial charge in [-0.05, 0) is 6.42 Å². The molecule has 0 aliphatic carbocycles. The Hall–Kier alpha value is 1.02. The first-order valence-electron chi connectivity index (χ1n) is 2.64. The van der Waals surface area contributed by atoms with E-state index < -0.39 is 9.05 Å². The molecule has 0 aromatic rings. The summed E-state index contributed by atoms with van der Waals surface area (Å²) in [7, 11) is -3.38. The molecular formula is C3H8Br2O4Si. The normalized spacial score (nSPS) is 12.0. The van der Waals surface area contributed by atoms with Crippen molar-refractivity contribution in [2.45, 2.75) is 13.3 Å². The summed E-state index contributed by atoms with van der Waals surface area (Å²) in [5.74, 6) is 0. The summed E-state index contributed by atoms with van der Waals surface area (Å²) < 4.78 is 13.6. The van der Waals surface area contributed by atoms with Gasteiger partial charge in [0.1, 0.15) is 0 Å². The first kappa shape index (κ1) is 11.0. The molecule has 62 valence electrons.